The van der Waals surface area contributed by atoms with Crippen LogP contribution in [-0.4, -0.2) is 46.9 Å². The van der Waals surface area contributed by atoms with E-state index >= 15 is 0 Å². The third-order valence-electron chi connectivity index (χ3n) is 4.63. The smallest absolute Gasteiger partial charge is 0.259 e. The van der Waals surface area contributed by atoms with Crippen molar-refractivity contribution >= 4 is 33.2 Å². The monoisotopic (exact) mass is 485 g/mol. The third kappa shape index (κ3) is 5.40. The van der Waals surface area contributed by atoms with Crippen molar-refractivity contribution in [3.8, 4) is 11.9 Å². The minimum atomic E-state index is -0.204. The first-order valence-electron chi connectivity index (χ1n) is 10.2. The second-order valence-corrected chi connectivity index (χ2v) is 7.59. The molecular formula is C22H24BrN5O3. The number of pyridine rings is 2. The maximum Gasteiger partial charge on any atom is 0.259 e. The maximum absolute atomic E-state index is 13.2. The highest BCUT2D eigenvalue weighted by molar-refractivity contribution is 9.10. The molecule has 0 aliphatic heterocycles. The lowest BCUT2D eigenvalue weighted by Crippen LogP contribution is -2.31. The van der Waals surface area contributed by atoms with Crippen molar-refractivity contribution in [3.05, 3.63) is 52.3 Å². The number of unbranched alkanes of at least 4 members (excludes halogenated alkanes) is 1. The zero-order valence-corrected chi connectivity index (χ0v) is 19.1. The summed E-state index contributed by atoms with van der Waals surface area (Å²) in [7, 11) is 0. The Bertz CT molecular complexity index is 1090. The van der Waals surface area contributed by atoms with Gasteiger partial charge in [-0.2, -0.15) is 15.3 Å². The van der Waals surface area contributed by atoms with Crippen LogP contribution in [0.3, 0.4) is 0 Å². The average molecular weight is 486 g/mol. The molecule has 0 radical (unpaired) electrons. The van der Waals surface area contributed by atoms with Crippen LogP contribution < -0.4 is 9.64 Å². The molecule has 9 heteroatoms. The molecule has 0 unspecified atom stereocenters. The van der Waals surface area contributed by atoms with Crippen LogP contribution in [0.1, 0.15) is 42.6 Å². The van der Waals surface area contributed by atoms with Gasteiger partial charge in [-0.3, -0.25) is 9.69 Å². The second kappa shape index (κ2) is 10.9. The number of halogens is 1. The zero-order chi connectivity index (χ0) is 22.2. The van der Waals surface area contributed by atoms with Crippen molar-refractivity contribution in [2.24, 2.45) is 0 Å². The first-order valence-corrected chi connectivity index (χ1v) is 10.9. The average Bonchev–Trinajstić information content (AvgIpc) is 3.16. The molecule has 0 saturated carbocycles. The van der Waals surface area contributed by atoms with Crippen LogP contribution in [0.2, 0.25) is 0 Å². The molecule has 0 aromatic carbocycles. The zero-order valence-electron chi connectivity index (χ0n) is 17.5. The van der Waals surface area contributed by atoms with Gasteiger partial charge in [0.1, 0.15) is 24.1 Å². The Labute approximate surface area is 189 Å². The molecule has 3 aromatic rings. The van der Waals surface area contributed by atoms with E-state index in [2.05, 4.69) is 39.0 Å². The van der Waals surface area contributed by atoms with E-state index in [0.29, 0.717) is 36.7 Å². The number of anilines is 1. The molecule has 0 N–H and O–H groups in total. The number of nitrogens with zero attached hydrogens (tertiary/aromatic N) is 5. The Balaban J connectivity index is 1.79. The number of nitriles is 1. The molecule has 0 aliphatic carbocycles. The van der Waals surface area contributed by atoms with E-state index in [1.165, 1.54) is 0 Å². The third-order valence-corrected chi connectivity index (χ3v) is 5.25. The van der Waals surface area contributed by atoms with Crippen LogP contribution in [0.25, 0.3) is 5.52 Å². The van der Waals surface area contributed by atoms with E-state index in [9.17, 15) is 10.1 Å². The molecule has 0 spiro atoms. The van der Waals surface area contributed by atoms with E-state index in [0.717, 1.165) is 22.8 Å². The number of ether oxygens (including phenoxy) is 2. The highest BCUT2D eigenvalue weighted by Gasteiger charge is 2.20. The molecule has 0 saturated heterocycles. The minimum Gasteiger partial charge on any atom is -0.474 e. The van der Waals surface area contributed by atoms with E-state index in [1.807, 2.05) is 6.92 Å². The predicted molar refractivity (Wildman–Crippen MR) is 120 cm³/mol. The highest BCUT2D eigenvalue weighted by atomic mass is 79.9. The van der Waals surface area contributed by atoms with Gasteiger partial charge in [0, 0.05) is 24.9 Å². The van der Waals surface area contributed by atoms with E-state index in [4.69, 9.17) is 9.47 Å². The van der Waals surface area contributed by atoms with Crippen molar-refractivity contribution in [1.82, 2.24) is 14.6 Å². The summed E-state index contributed by atoms with van der Waals surface area (Å²) >= 11 is 3.44. The molecule has 3 heterocycles. The fourth-order valence-corrected chi connectivity index (χ4v) is 3.36. The number of rotatable bonds is 10. The van der Waals surface area contributed by atoms with Gasteiger partial charge in [0.2, 0.25) is 5.88 Å². The normalized spacial score (nSPS) is 10.8. The van der Waals surface area contributed by atoms with Gasteiger partial charge in [0.05, 0.1) is 22.8 Å². The summed E-state index contributed by atoms with van der Waals surface area (Å²) in [4.78, 5) is 19.2. The van der Waals surface area contributed by atoms with Crippen LogP contribution in [-0.2, 0) is 4.74 Å². The summed E-state index contributed by atoms with van der Waals surface area (Å²) in [5.74, 6) is 0.407. The van der Waals surface area contributed by atoms with E-state index < -0.39 is 0 Å². The summed E-state index contributed by atoms with van der Waals surface area (Å²) in [6.07, 6.45) is 5.47. The first kappa shape index (κ1) is 22.7. The van der Waals surface area contributed by atoms with Gasteiger partial charge in [-0.25, -0.2) is 4.52 Å². The first-order chi connectivity index (χ1) is 15.1. The molecule has 3 rings (SSSR count). The topological polar surface area (TPSA) is 92.8 Å². The van der Waals surface area contributed by atoms with Crippen molar-refractivity contribution < 1.29 is 14.3 Å². The number of hydrogen-bond donors (Lipinski definition) is 0. The van der Waals surface area contributed by atoms with Crippen molar-refractivity contribution in [3.63, 3.8) is 0 Å². The van der Waals surface area contributed by atoms with Gasteiger partial charge >= 0.3 is 0 Å². The molecule has 0 atom stereocenters. The number of carbonyl (C=O) groups excluding carboxylic acids is 1. The largest absolute Gasteiger partial charge is 0.474 e. The van der Waals surface area contributed by atoms with E-state index in [1.54, 1.807) is 46.1 Å². The van der Waals surface area contributed by atoms with Crippen LogP contribution >= 0.6 is 15.9 Å². The summed E-state index contributed by atoms with van der Waals surface area (Å²) < 4.78 is 13.7. The predicted octanol–water partition coefficient (Wildman–Crippen LogP) is 4.23. The van der Waals surface area contributed by atoms with Crippen molar-refractivity contribution in [2.75, 3.05) is 31.3 Å². The van der Waals surface area contributed by atoms with Crippen LogP contribution in [0.15, 0.2) is 41.1 Å². The number of carbonyl (C=O) groups is 1. The molecule has 31 heavy (non-hydrogen) atoms. The molecular weight excluding hydrogens is 462 g/mol. The van der Waals surface area contributed by atoms with Crippen LogP contribution in [0.4, 0.5) is 5.82 Å². The molecule has 8 nitrogen and oxygen atoms in total. The molecule has 0 bridgehead atoms. The van der Waals surface area contributed by atoms with Gasteiger partial charge in [-0.1, -0.05) is 13.3 Å². The second-order valence-electron chi connectivity index (χ2n) is 6.74. The minimum absolute atomic E-state index is 0.194. The van der Waals surface area contributed by atoms with Gasteiger partial charge in [-0.05, 0) is 53.5 Å². The van der Waals surface area contributed by atoms with Gasteiger partial charge in [0.25, 0.3) is 5.91 Å². The molecule has 162 valence electrons. The molecule has 0 fully saturated rings. The Morgan fingerprint density at radius 1 is 1.26 bits per heavy atom. The van der Waals surface area contributed by atoms with Gasteiger partial charge in [-0.15, -0.1) is 0 Å². The lowest BCUT2D eigenvalue weighted by Gasteiger charge is -2.21. The Morgan fingerprint density at radius 2 is 2.10 bits per heavy atom. The number of fused-ring (bicyclic) bond motifs is 1. The number of aromatic nitrogens is 3. The SMILES string of the molecule is CCCCOCCOc1nc(N(CC)C(=O)c2ccn3ncc(Br)c3c2)ccc1C#N. The Kier molecular flexibility index (Phi) is 7.98. The summed E-state index contributed by atoms with van der Waals surface area (Å²) in [6, 6.07) is 8.83. The summed E-state index contributed by atoms with van der Waals surface area (Å²) in [5.41, 5.74) is 1.61. The quantitative estimate of drug-likeness (QED) is 0.399. The lowest BCUT2D eigenvalue weighted by atomic mass is 10.2. The van der Waals surface area contributed by atoms with Gasteiger partial charge in [0.15, 0.2) is 0 Å². The maximum atomic E-state index is 13.2. The number of hydrogen-bond acceptors (Lipinski definition) is 6. The van der Waals surface area contributed by atoms with Crippen LogP contribution in [0, 0.1) is 11.3 Å². The van der Waals surface area contributed by atoms with Gasteiger partial charge < -0.3 is 9.47 Å². The van der Waals surface area contributed by atoms with Crippen molar-refractivity contribution in [2.45, 2.75) is 26.7 Å². The Morgan fingerprint density at radius 3 is 2.84 bits per heavy atom. The van der Waals surface area contributed by atoms with Crippen molar-refractivity contribution in [1.29, 1.82) is 5.26 Å². The Hall–Kier alpha value is -2.96. The fraction of sp³-hybridized carbons (Fsp3) is 0.364. The standard InChI is InChI=1S/C22H24BrN5O3/c1-3-5-10-30-11-12-31-21-17(14-24)6-7-20(26-21)27(4-2)22(29)16-8-9-28-19(13-16)18(23)15-25-28/h6-9,13,15H,3-5,10-12H2,1-2H3. The highest BCUT2D eigenvalue weighted by Crippen LogP contribution is 2.24. The lowest BCUT2D eigenvalue weighted by molar-refractivity contribution is 0.0961. The fourth-order valence-electron chi connectivity index (χ4n) is 2.97. The molecule has 0 aliphatic rings. The van der Waals surface area contributed by atoms with E-state index in [-0.39, 0.29) is 18.4 Å². The molecule has 3 aromatic heterocycles. The van der Waals surface area contributed by atoms with Crippen LogP contribution in [0.5, 0.6) is 5.88 Å². The summed E-state index contributed by atoms with van der Waals surface area (Å²) in [5, 5.41) is 13.6. The molecule has 1 amide bonds. The number of amides is 1. The summed E-state index contributed by atoms with van der Waals surface area (Å²) in [6.45, 7) is 5.74.